The quantitative estimate of drug-likeness (QED) is 0.110. The summed E-state index contributed by atoms with van der Waals surface area (Å²) in [6, 6.07) is 8.15. The smallest absolute Gasteiger partial charge is 0.256 e. The molecule has 0 aliphatic carbocycles. The van der Waals surface area contributed by atoms with Crippen LogP contribution in [-0.2, 0) is 9.59 Å². The fourth-order valence-electron chi connectivity index (χ4n) is 4.56. The van der Waals surface area contributed by atoms with Gasteiger partial charge in [0.15, 0.2) is 5.78 Å². The molecule has 0 saturated carbocycles. The Balaban J connectivity index is 1.35. The van der Waals surface area contributed by atoms with Crippen LogP contribution in [-0.4, -0.2) is 28.6 Å². The summed E-state index contributed by atoms with van der Waals surface area (Å²) in [6.45, 7) is 3.61. The molecule has 1 aromatic heterocycles. The number of H-pyrrole nitrogens is 1. The number of anilines is 3. The lowest BCUT2D eigenvalue weighted by atomic mass is 9.99. The Morgan fingerprint density at radius 1 is 1.16 bits per heavy atom. The molecule has 2 heterocycles. The van der Waals surface area contributed by atoms with Crippen molar-refractivity contribution in [2.24, 2.45) is 5.73 Å². The van der Waals surface area contributed by atoms with Crippen molar-refractivity contribution >= 4 is 57.9 Å². The van der Waals surface area contributed by atoms with Gasteiger partial charge in [-0.05, 0) is 74.7 Å². The van der Waals surface area contributed by atoms with Gasteiger partial charge in [-0.2, -0.15) is 0 Å². The Bertz CT molecular complexity index is 1460. The summed E-state index contributed by atoms with van der Waals surface area (Å²) in [5.74, 6) is -1.18. The number of Topliss-reactive ketones (excluding diaryl/α,β-unsaturated/α-hetero) is 1. The van der Waals surface area contributed by atoms with Gasteiger partial charge < -0.3 is 27.1 Å². The molecular formula is C28H29ClFN5O3. The third kappa shape index (κ3) is 5.79. The summed E-state index contributed by atoms with van der Waals surface area (Å²) in [5.41, 5.74) is 16.6. The number of hydrogen-bond acceptors (Lipinski definition) is 5. The molecule has 198 valence electrons. The second-order valence-electron chi connectivity index (χ2n) is 9.36. The van der Waals surface area contributed by atoms with Gasteiger partial charge in [-0.1, -0.05) is 18.0 Å². The molecule has 3 aromatic rings. The summed E-state index contributed by atoms with van der Waals surface area (Å²) in [6.07, 6.45) is 3.46. The van der Waals surface area contributed by atoms with Gasteiger partial charge >= 0.3 is 0 Å². The molecule has 1 unspecified atom stereocenters. The molecule has 0 spiro atoms. The van der Waals surface area contributed by atoms with Crippen molar-refractivity contribution in [1.29, 1.82) is 0 Å². The van der Waals surface area contributed by atoms with Crippen LogP contribution in [0.15, 0.2) is 36.4 Å². The van der Waals surface area contributed by atoms with Crippen molar-refractivity contribution in [3.8, 4) is 0 Å². The maximum atomic E-state index is 13.8. The lowest BCUT2D eigenvalue weighted by Crippen LogP contribution is -2.35. The van der Waals surface area contributed by atoms with Crippen LogP contribution in [0.25, 0.3) is 11.6 Å². The molecule has 0 bridgehead atoms. The van der Waals surface area contributed by atoms with Crippen molar-refractivity contribution in [3.05, 3.63) is 75.3 Å². The zero-order valence-electron chi connectivity index (χ0n) is 21.1. The van der Waals surface area contributed by atoms with Crippen LogP contribution in [0.3, 0.4) is 0 Å². The van der Waals surface area contributed by atoms with Gasteiger partial charge in [0, 0.05) is 39.6 Å². The predicted octanol–water partition coefficient (Wildman–Crippen LogP) is 5.21. The summed E-state index contributed by atoms with van der Waals surface area (Å²) in [5, 5.41) is 5.89. The predicted molar refractivity (Wildman–Crippen MR) is 148 cm³/mol. The number of aromatic nitrogens is 1. The summed E-state index contributed by atoms with van der Waals surface area (Å²) in [7, 11) is 0. The number of nitrogen functional groups attached to an aromatic ring is 1. The molecule has 2 aromatic carbocycles. The van der Waals surface area contributed by atoms with E-state index >= 15 is 0 Å². The van der Waals surface area contributed by atoms with Gasteiger partial charge in [-0.25, -0.2) is 4.39 Å². The van der Waals surface area contributed by atoms with E-state index in [0.717, 1.165) is 0 Å². The maximum Gasteiger partial charge on any atom is 0.256 e. The molecule has 0 radical (unpaired) electrons. The number of benzene rings is 2. The Labute approximate surface area is 224 Å². The Hall–Kier alpha value is -3.95. The van der Waals surface area contributed by atoms with Crippen molar-refractivity contribution in [2.75, 3.05) is 16.4 Å². The van der Waals surface area contributed by atoms with E-state index in [1.165, 1.54) is 18.2 Å². The number of rotatable bonds is 9. The standard InChI is InChI=1S/C28H29ClFN5O3/c1-14-24(13-19-18-12-17(30)8-10-22(18)34-27(19)37)33-15(2)26(14)25(36)6-4-3-5-20(31)28(38)35-23-9-7-16(29)11-21(23)32/h7-13,20,33H,3-6,31-32H2,1-2H3,(H,34,37)(H,35,38)/b19-13-. The Morgan fingerprint density at radius 2 is 1.92 bits per heavy atom. The van der Waals surface area contributed by atoms with E-state index in [4.69, 9.17) is 23.1 Å². The van der Waals surface area contributed by atoms with E-state index in [9.17, 15) is 18.8 Å². The Morgan fingerprint density at radius 3 is 2.66 bits per heavy atom. The maximum absolute atomic E-state index is 13.8. The monoisotopic (exact) mass is 537 g/mol. The number of halogens is 2. The van der Waals surface area contributed by atoms with E-state index in [0.29, 0.717) is 75.0 Å². The third-order valence-electron chi connectivity index (χ3n) is 6.59. The summed E-state index contributed by atoms with van der Waals surface area (Å²) >= 11 is 5.88. The van der Waals surface area contributed by atoms with E-state index in [1.54, 1.807) is 31.2 Å². The highest BCUT2D eigenvalue weighted by Gasteiger charge is 2.26. The fraction of sp³-hybridized carbons (Fsp3) is 0.250. The number of carbonyl (C=O) groups excluding carboxylic acids is 3. The molecule has 4 rings (SSSR count). The van der Waals surface area contributed by atoms with Crippen molar-refractivity contribution in [2.45, 2.75) is 45.6 Å². The normalized spacial score (nSPS) is 14.3. The van der Waals surface area contributed by atoms with Crippen molar-refractivity contribution < 1.29 is 18.8 Å². The van der Waals surface area contributed by atoms with Gasteiger partial charge in [-0.15, -0.1) is 0 Å². The fourth-order valence-corrected chi connectivity index (χ4v) is 4.74. The lowest BCUT2D eigenvalue weighted by Gasteiger charge is -2.13. The van der Waals surface area contributed by atoms with Gasteiger partial charge in [0.05, 0.1) is 23.0 Å². The zero-order valence-corrected chi connectivity index (χ0v) is 21.8. The minimum atomic E-state index is -0.751. The van der Waals surface area contributed by atoms with Crippen molar-refractivity contribution in [1.82, 2.24) is 4.98 Å². The van der Waals surface area contributed by atoms with E-state index in [1.807, 2.05) is 6.92 Å². The topological polar surface area (TPSA) is 143 Å². The number of nitrogens with one attached hydrogen (secondary N) is 3. The molecule has 1 atom stereocenters. The molecule has 1 aliphatic rings. The molecule has 0 fully saturated rings. The van der Waals surface area contributed by atoms with E-state index < -0.39 is 11.9 Å². The SMILES string of the molecule is Cc1[nH]c(/C=C2\C(=O)Nc3ccc(F)cc32)c(C)c1C(=O)CCCCC(N)C(=O)Nc1ccc(Cl)cc1N. The second-order valence-corrected chi connectivity index (χ2v) is 9.80. The first-order valence-corrected chi connectivity index (χ1v) is 12.6. The highest BCUT2D eigenvalue weighted by molar-refractivity contribution is 6.35. The first-order chi connectivity index (χ1) is 18.0. The molecule has 38 heavy (non-hydrogen) atoms. The highest BCUT2D eigenvalue weighted by Crippen LogP contribution is 2.34. The van der Waals surface area contributed by atoms with Crippen LogP contribution < -0.4 is 22.1 Å². The van der Waals surface area contributed by atoms with Crippen LogP contribution in [0.1, 0.15) is 58.6 Å². The van der Waals surface area contributed by atoms with Crippen molar-refractivity contribution in [3.63, 3.8) is 0 Å². The molecular weight excluding hydrogens is 509 g/mol. The van der Waals surface area contributed by atoms with E-state index in [2.05, 4.69) is 15.6 Å². The molecule has 1 aliphatic heterocycles. The number of carbonyl (C=O) groups is 3. The van der Waals surface area contributed by atoms with Crippen LogP contribution in [0, 0.1) is 19.7 Å². The summed E-state index contributed by atoms with van der Waals surface area (Å²) in [4.78, 5) is 41.1. The molecule has 8 nitrogen and oxygen atoms in total. The zero-order chi connectivity index (χ0) is 27.6. The second kappa shape index (κ2) is 11.2. The minimum Gasteiger partial charge on any atom is -0.397 e. The number of ketones is 1. The number of amides is 2. The largest absolute Gasteiger partial charge is 0.397 e. The van der Waals surface area contributed by atoms with Crippen LogP contribution in [0.2, 0.25) is 5.02 Å². The number of aryl methyl sites for hydroxylation is 1. The Kier molecular flexibility index (Phi) is 7.99. The van der Waals surface area contributed by atoms with Crippen LogP contribution in [0.4, 0.5) is 21.5 Å². The van der Waals surface area contributed by atoms with Gasteiger partial charge in [0.25, 0.3) is 5.91 Å². The van der Waals surface area contributed by atoms with E-state index in [-0.39, 0.29) is 24.0 Å². The van der Waals surface area contributed by atoms with Gasteiger partial charge in [0.2, 0.25) is 5.91 Å². The number of unbranched alkanes of at least 4 members (excludes halogenated alkanes) is 1. The van der Waals surface area contributed by atoms with Crippen LogP contribution in [0.5, 0.6) is 0 Å². The van der Waals surface area contributed by atoms with Gasteiger partial charge in [-0.3, -0.25) is 14.4 Å². The molecule has 0 saturated heterocycles. The van der Waals surface area contributed by atoms with Gasteiger partial charge in [0.1, 0.15) is 5.82 Å². The molecule has 2 amide bonds. The first-order valence-electron chi connectivity index (χ1n) is 12.2. The summed E-state index contributed by atoms with van der Waals surface area (Å²) < 4.78 is 13.8. The average molecular weight is 538 g/mol. The molecule has 10 heteroatoms. The lowest BCUT2D eigenvalue weighted by molar-refractivity contribution is -0.117. The molecule has 7 N–H and O–H groups in total. The number of fused-ring (bicyclic) bond motifs is 1. The average Bonchev–Trinajstić information content (AvgIpc) is 3.32. The number of aromatic amines is 1. The highest BCUT2D eigenvalue weighted by atomic mass is 35.5. The first kappa shape index (κ1) is 27.1. The number of nitrogens with two attached hydrogens (primary N) is 2. The van der Waals surface area contributed by atoms with Crippen LogP contribution >= 0.6 is 11.6 Å². The number of hydrogen-bond donors (Lipinski definition) is 5. The third-order valence-corrected chi connectivity index (χ3v) is 6.82. The minimum absolute atomic E-state index is 0.0461.